The Morgan fingerprint density at radius 2 is 2.47 bits per heavy atom. The van der Waals surface area contributed by atoms with E-state index in [2.05, 4.69) is 10.3 Å². The first-order valence-corrected chi connectivity index (χ1v) is 4.71. The zero-order valence-electron chi connectivity index (χ0n) is 8.69. The fraction of sp³-hybridized carbons (Fsp3) is 0.400. The number of pyridine rings is 1. The van der Waals surface area contributed by atoms with Crippen LogP contribution in [0.25, 0.3) is 0 Å². The minimum atomic E-state index is -0.305. The second kappa shape index (κ2) is 5.98. The van der Waals surface area contributed by atoms with Gasteiger partial charge in [-0.05, 0) is 6.07 Å². The second-order valence-corrected chi connectivity index (χ2v) is 3.06. The minimum absolute atomic E-state index is 0.305. The normalized spacial score (nSPS) is 9.93. The van der Waals surface area contributed by atoms with Crippen molar-refractivity contribution >= 4 is 5.91 Å². The van der Waals surface area contributed by atoms with Crippen LogP contribution in [0.4, 0.5) is 0 Å². The summed E-state index contributed by atoms with van der Waals surface area (Å²) >= 11 is 0. The Bertz CT molecular complexity index is 328. The van der Waals surface area contributed by atoms with Gasteiger partial charge in [-0.15, -0.1) is 0 Å². The number of carbonyl (C=O) groups excluding carboxylic acids is 1. The van der Waals surface area contributed by atoms with Gasteiger partial charge in [0.05, 0.1) is 7.11 Å². The molecule has 0 bridgehead atoms. The van der Waals surface area contributed by atoms with E-state index in [1.165, 1.54) is 0 Å². The molecular weight excluding hydrogens is 194 g/mol. The molecule has 0 spiro atoms. The maximum atomic E-state index is 10.5. The van der Waals surface area contributed by atoms with Crippen LogP contribution in [0.3, 0.4) is 0 Å². The van der Waals surface area contributed by atoms with Gasteiger partial charge in [0.25, 0.3) is 0 Å². The molecule has 0 saturated carbocycles. The van der Waals surface area contributed by atoms with E-state index in [1.54, 1.807) is 13.3 Å². The maximum Gasteiger partial charge on any atom is 0.218 e. The third kappa shape index (κ3) is 3.95. The molecule has 0 radical (unpaired) electrons. The first-order valence-electron chi connectivity index (χ1n) is 4.71. The van der Waals surface area contributed by atoms with Gasteiger partial charge in [0, 0.05) is 31.3 Å². The number of hydrogen-bond donors (Lipinski definition) is 2. The Balaban J connectivity index is 2.39. The van der Waals surface area contributed by atoms with Crippen LogP contribution >= 0.6 is 0 Å². The molecule has 5 nitrogen and oxygen atoms in total. The standard InChI is InChI=1S/C10H15N3O2/c1-15-10-8(3-2-5-13-10)7-12-6-4-9(11)14/h2-3,5,12H,4,6-7H2,1H3,(H2,11,14). The number of rotatable bonds is 6. The van der Waals surface area contributed by atoms with Crippen LogP contribution in [0.5, 0.6) is 5.88 Å². The Labute approximate surface area is 88.6 Å². The summed E-state index contributed by atoms with van der Waals surface area (Å²) < 4.78 is 5.08. The summed E-state index contributed by atoms with van der Waals surface area (Å²) in [6, 6.07) is 3.76. The summed E-state index contributed by atoms with van der Waals surface area (Å²) in [4.78, 5) is 14.5. The van der Waals surface area contributed by atoms with Crippen LogP contribution in [-0.2, 0) is 11.3 Å². The highest BCUT2D eigenvalue weighted by molar-refractivity contribution is 5.73. The molecule has 1 rings (SSSR count). The van der Waals surface area contributed by atoms with Gasteiger partial charge in [-0.2, -0.15) is 0 Å². The highest BCUT2D eigenvalue weighted by atomic mass is 16.5. The molecule has 0 fully saturated rings. The summed E-state index contributed by atoms with van der Waals surface area (Å²) in [7, 11) is 1.58. The van der Waals surface area contributed by atoms with E-state index in [0.717, 1.165) is 5.56 Å². The van der Waals surface area contributed by atoms with Crippen LogP contribution in [0, 0.1) is 0 Å². The average Bonchev–Trinajstić information content (AvgIpc) is 2.24. The third-order valence-corrected chi connectivity index (χ3v) is 1.91. The molecule has 0 saturated heterocycles. The van der Waals surface area contributed by atoms with E-state index >= 15 is 0 Å². The Morgan fingerprint density at radius 1 is 1.67 bits per heavy atom. The molecule has 0 aliphatic carbocycles. The lowest BCUT2D eigenvalue weighted by molar-refractivity contribution is -0.117. The SMILES string of the molecule is COc1ncccc1CNCCC(N)=O. The highest BCUT2D eigenvalue weighted by Crippen LogP contribution is 2.12. The number of nitrogens with one attached hydrogen (secondary N) is 1. The molecule has 15 heavy (non-hydrogen) atoms. The average molecular weight is 209 g/mol. The Kier molecular flexibility index (Phi) is 4.56. The fourth-order valence-electron chi connectivity index (χ4n) is 1.18. The minimum Gasteiger partial charge on any atom is -0.481 e. The van der Waals surface area contributed by atoms with E-state index in [0.29, 0.717) is 25.4 Å². The molecule has 1 aromatic heterocycles. The quantitative estimate of drug-likeness (QED) is 0.649. The van der Waals surface area contributed by atoms with Crippen molar-refractivity contribution < 1.29 is 9.53 Å². The van der Waals surface area contributed by atoms with Crippen molar-refractivity contribution in [2.24, 2.45) is 5.73 Å². The molecule has 3 N–H and O–H groups in total. The van der Waals surface area contributed by atoms with Crippen LogP contribution < -0.4 is 15.8 Å². The van der Waals surface area contributed by atoms with Crippen LogP contribution in [0.2, 0.25) is 0 Å². The van der Waals surface area contributed by atoms with Crippen molar-refractivity contribution in [2.45, 2.75) is 13.0 Å². The van der Waals surface area contributed by atoms with Gasteiger partial charge in [-0.25, -0.2) is 4.98 Å². The Hall–Kier alpha value is -1.62. The van der Waals surface area contributed by atoms with Gasteiger partial charge < -0.3 is 15.8 Å². The third-order valence-electron chi connectivity index (χ3n) is 1.91. The number of methoxy groups -OCH3 is 1. The molecule has 5 heteroatoms. The Morgan fingerprint density at radius 3 is 3.13 bits per heavy atom. The van der Waals surface area contributed by atoms with E-state index in [1.807, 2.05) is 12.1 Å². The molecule has 0 aromatic carbocycles. The lowest BCUT2D eigenvalue weighted by atomic mass is 10.2. The fourth-order valence-corrected chi connectivity index (χ4v) is 1.18. The van der Waals surface area contributed by atoms with Gasteiger partial charge in [0.1, 0.15) is 0 Å². The van der Waals surface area contributed by atoms with E-state index < -0.39 is 0 Å². The molecule has 0 unspecified atom stereocenters. The first kappa shape index (κ1) is 11.5. The predicted molar refractivity (Wildman–Crippen MR) is 56.3 cm³/mol. The van der Waals surface area contributed by atoms with E-state index in [-0.39, 0.29) is 5.91 Å². The molecule has 0 aliphatic rings. The molecule has 0 atom stereocenters. The number of nitrogens with zero attached hydrogens (tertiary/aromatic N) is 1. The van der Waals surface area contributed by atoms with Crippen molar-refractivity contribution in [2.75, 3.05) is 13.7 Å². The lowest BCUT2D eigenvalue weighted by Crippen LogP contribution is -2.21. The van der Waals surface area contributed by atoms with Crippen molar-refractivity contribution in [3.63, 3.8) is 0 Å². The monoisotopic (exact) mass is 209 g/mol. The number of primary amides is 1. The maximum absolute atomic E-state index is 10.5. The van der Waals surface area contributed by atoms with Gasteiger partial charge in [0.2, 0.25) is 11.8 Å². The van der Waals surface area contributed by atoms with Crippen molar-refractivity contribution in [3.8, 4) is 5.88 Å². The number of ether oxygens (including phenoxy) is 1. The zero-order chi connectivity index (χ0) is 11.1. The molecule has 1 amide bonds. The van der Waals surface area contributed by atoms with Crippen LogP contribution in [0.1, 0.15) is 12.0 Å². The van der Waals surface area contributed by atoms with Gasteiger partial charge in [-0.3, -0.25) is 4.79 Å². The summed E-state index contributed by atoms with van der Waals surface area (Å²) in [6.07, 6.45) is 2.01. The van der Waals surface area contributed by atoms with Crippen LogP contribution in [0.15, 0.2) is 18.3 Å². The van der Waals surface area contributed by atoms with Crippen molar-refractivity contribution in [3.05, 3.63) is 23.9 Å². The van der Waals surface area contributed by atoms with Gasteiger partial charge in [0.15, 0.2) is 0 Å². The summed E-state index contributed by atoms with van der Waals surface area (Å²) in [5, 5.41) is 3.09. The summed E-state index contributed by atoms with van der Waals surface area (Å²) in [5.74, 6) is 0.296. The summed E-state index contributed by atoms with van der Waals surface area (Å²) in [5.41, 5.74) is 5.97. The van der Waals surface area contributed by atoms with Gasteiger partial charge in [-0.1, -0.05) is 6.07 Å². The largest absolute Gasteiger partial charge is 0.481 e. The van der Waals surface area contributed by atoms with Gasteiger partial charge >= 0.3 is 0 Å². The number of aromatic nitrogens is 1. The summed E-state index contributed by atoms with van der Waals surface area (Å²) in [6.45, 7) is 1.18. The highest BCUT2D eigenvalue weighted by Gasteiger charge is 2.02. The number of nitrogens with two attached hydrogens (primary N) is 1. The number of carbonyl (C=O) groups is 1. The van der Waals surface area contributed by atoms with Crippen molar-refractivity contribution in [1.29, 1.82) is 0 Å². The van der Waals surface area contributed by atoms with E-state index in [9.17, 15) is 4.79 Å². The van der Waals surface area contributed by atoms with Crippen LogP contribution in [-0.4, -0.2) is 24.5 Å². The molecular formula is C10H15N3O2. The second-order valence-electron chi connectivity index (χ2n) is 3.06. The van der Waals surface area contributed by atoms with E-state index in [4.69, 9.17) is 10.5 Å². The number of hydrogen-bond acceptors (Lipinski definition) is 4. The first-order chi connectivity index (χ1) is 7.24. The number of amides is 1. The zero-order valence-corrected chi connectivity index (χ0v) is 8.69. The smallest absolute Gasteiger partial charge is 0.218 e. The predicted octanol–water partition coefficient (Wildman–Crippen LogP) is 0.0552. The lowest BCUT2D eigenvalue weighted by Gasteiger charge is -2.07. The molecule has 1 aromatic rings. The molecule has 82 valence electrons. The topological polar surface area (TPSA) is 77.2 Å². The molecule has 1 heterocycles. The molecule has 0 aliphatic heterocycles. The van der Waals surface area contributed by atoms with Crippen molar-refractivity contribution in [1.82, 2.24) is 10.3 Å².